The lowest BCUT2D eigenvalue weighted by atomic mass is 10.2. The number of aromatic nitrogens is 6. The van der Waals surface area contributed by atoms with E-state index in [4.69, 9.17) is 0 Å². The zero-order valence-corrected chi connectivity index (χ0v) is 17.4. The number of tetrazole rings is 1. The van der Waals surface area contributed by atoms with Crippen LogP contribution in [0.5, 0.6) is 0 Å². The number of benzene rings is 2. The number of halogens is 1. The van der Waals surface area contributed by atoms with Gasteiger partial charge in [-0.25, -0.2) is 14.1 Å². The molecule has 2 heterocycles. The number of thioether (sulfide) groups is 1. The Labute approximate surface area is 181 Å². The molecule has 4 aromatic rings. The molecule has 158 valence electrons. The number of anilines is 1. The highest BCUT2D eigenvalue weighted by atomic mass is 32.2. The van der Waals surface area contributed by atoms with Gasteiger partial charge in [0.1, 0.15) is 11.6 Å². The molecular weight excluding hydrogens is 417 g/mol. The van der Waals surface area contributed by atoms with E-state index in [1.807, 2.05) is 16.8 Å². The first-order valence-electron chi connectivity index (χ1n) is 10.1. The third-order valence-electron chi connectivity index (χ3n) is 5.33. The average molecular weight is 438 g/mol. The number of hydrogen-bond donors (Lipinski definition) is 2. The highest BCUT2D eigenvalue weighted by Gasteiger charge is 2.22. The van der Waals surface area contributed by atoms with Crippen molar-refractivity contribution in [2.45, 2.75) is 36.9 Å². The Balaban J connectivity index is 1.25. The summed E-state index contributed by atoms with van der Waals surface area (Å²) in [6, 6.07) is 12.0. The van der Waals surface area contributed by atoms with Gasteiger partial charge in [-0.15, -0.1) is 5.10 Å². The molecule has 31 heavy (non-hydrogen) atoms. The second-order valence-electron chi connectivity index (χ2n) is 7.51. The first-order valence-corrected chi connectivity index (χ1v) is 11.1. The Bertz CT molecular complexity index is 1230. The van der Waals surface area contributed by atoms with Crippen molar-refractivity contribution in [3.8, 4) is 11.4 Å². The number of rotatable bonds is 6. The minimum atomic E-state index is -0.317. The number of nitrogens with zero attached hydrogens (tertiary/aromatic N) is 5. The van der Waals surface area contributed by atoms with Gasteiger partial charge < -0.3 is 10.3 Å². The monoisotopic (exact) mass is 437 g/mol. The summed E-state index contributed by atoms with van der Waals surface area (Å²) in [5.74, 6) is 0.327. The van der Waals surface area contributed by atoms with E-state index in [0.717, 1.165) is 23.9 Å². The van der Waals surface area contributed by atoms with E-state index in [2.05, 4.69) is 30.8 Å². The van der Waals surface area contributed by atoms with Gasteiger partial charge in [0.25, 0.3) is 0 Å². The van der Waals surface area contributed by atoms with Crippen LogP contribution in [0.3, 0.4) is 0 Å². The first-order chi connectivity index (χ1) is 15.2. The van der Waals surface area contributed by atoms with Crippen LogP contribution in [0.2, 0.25) is 0 Å². The number of carbonyl (C=O) groups is 1. The average Bonchev–Trinajstić information content (AvgIpc) is 3.51. The van der Waals surface area contributed by atoms with E-state index in [0.29, 0.717) is 28.3 Å². The molecule has 1 amide bonds. The number of hydrogen-bond acceptors (Lipinski definition) is 6. The Kier molecular flexibility index (Phi) is 5.37. The molecule has 1 aliphatic carbocycles. The van der Waals surface area contributed by atoms with Crippen LogP contribution in [0, 0.1) is 5.82 Å². The van der Waals surface area contributed by atoms with Crippen LogP contribution in [-0.2, 0) is 4.79 Å². The molecule has 5 rings (SSSR count). The van der Waals surface area contributed by atoms with E-state index in [-0.39, 0.29) is 17.5 Å². The molecule has 0 saturated heterocycles. The van der Waals surface area contributed by atoms with Crippen LogP contribution in [-0.4, -0.2) is 41.8 Å². The maximum absolute atomic E-state index is 13.5. The number of amides is 1. The molecule has 10 heteroatoms. The second kappa shape index (κ2) is 8.46. The molecular formula is C21H20FN7OS. The molecule has 0 radical (unpaired) electrons. The van der Waals surface area contributed by atoms with E-state index in [1.165, 1.54) is 36.7 Å². The minimum absolute atomic E-state index is 0.143. The largest absolute Gasteiger partial charge is 0.338 e. The zero-order valence-electron chi connectivity index (χ0n) is 16.6. The van der Waals surface area contributed by atoms with Crippen LogP contribution in [0.15, 0.2) is 47.6 Å². The third-order valence-corrected chi connectivity index (χ3v) is 6.26. The van der Waals surface area contributed by atoms with Crippen molar-refractivity contribution in [1.29, 1.82) is 0 Å². The van der Waals surface area contributed by atoms with Crippen molar-refractivity contribution in [2.24, 2.45) is 0 Å². The van der Waals surface area contributed by atoms with Crippen molar-refractivity contribution in [2.75, 3.05) is 11.1 Å². The summed E-state index contributed by atoms with van der Waals surface area (Å²) in [7, 11) is 0. The fourth-order valence-electron chi connectivity index (χ4n) is 3.85. The lowest BCUT2D eigenvalue weighted by Gasteiger charge is -2.10. The maximum atomic E-state index is 13.5. The normalized spacial score (nSPS) is 14.4. The molecule has 0 bridgehead atoms. The molecule has 1 saturated carbocycles. The number of H-pyrrole nitrogens is 1. The summed E-state index contributed by atoms with van der Waals surface area (Å²) in [4.78, 5) is 20.1. The number of aromatic amines is 1. The summed E-state index contributed by atoms with van der Waals surface area (Å²) in [5.41, 5.74) is 2.82. The number of imidazole rings is 1. The van der Waals surface area contributed by atoms with Gasteiger partial charge in [0, 0.05) is 11.3 Å². The molecule has 0 aliphatic heterocycles. The zero-order chi connectivity index (χ0) is 21.2. The Morgan fingerprint density at radius 1 is 1.23 bits per heavy atom. The molecule has 1 aliphatic rings. The molecule has 0 unspecified atom stereocenters. The van der Waals surface area contributed by atoms with Crippen LogP contribution in [0.25, 0.3) is 22.4 Å². The van der Waals surface area contributed by atoms with Gasteiger partial charge in [-0.05, 0) is 53.6 Å². The van der Waals surface area contributed by atoms with Crippen LogP contribution in [0.4, 0.5) is 10.1 Å². The fourth-order valence-corrected chi connectivity index (χ4v) is 4.59. The molecule has 0 spiro atoms. The molecule has 2 aromatic carbocycles. The molecule has 2 aromatic heterocycles. The standard InChI is InChI=1S/C21H20FN7OS/c22-14-5-3-4-13(10-14)20-24-17-9-8-15(11-18(17)25-20)23-19(30)12-31-21-26-27-28-29(21)16-6-1-2-7-16/h3-5,8-11,16H,1-2,6-7,12H2,(H,23,30)(H,24,25). The Hall–Kier alpha value is -3.27. The minimum Gasteiger partial charge on any atom is -0.338 e. The van der Waals surface area contributed by atoms with Crippen LogP contribution < -0.4 is 5.32 Å². The smallest absolute Gasteiger partial charge is 0.234 e. The van der Waals surface area contributed by atoms with E-state index >= 15 is 0 Å². The van der Waals surface area contributed by atoms with Crippen molar-refractivity contribution >= 4 is 34.4 Å². The van der Waals surface area contributed by atoms with Crippen molar-refractivity contribution in [1.82, 2.24) is 30.2 Å². The Morgan fingerprint density at radius 2 is 2.10 bits per heavy atom. The van der Waals surface area contributed by atoms with Crippen molar-refractivity contribution < 1.29 is 9.18 Å². The number of fused-ring (bicyclic) bond motifs is 1. The lowest BCUT2D eigenvalue weighted by molar-refractivity contribution is -0.113. The van der Waals surface area contributed by atoms with E-state index in [1.54, 1.807) is 18.2 Å². The van der Waals surface area contributed by atoms with Crippen LogP contribution >= 0.6 is 11.8 Å². The molecule has 8 nitrogen and oxygen atoms in total. The van der Waals surface area contributed by atoms with Gasteiger partial charge in [-0.2, -0.15) is 0 Å². The predicted molar refractivity (Wildman–Crippen MR) is 116 cm³/mol. The fraction of sp³-hybridized carbons (Fsp3) is 0.286. The number of carbonyl (C=O) groups excluding carboxylic acids is 1. The summed E-state index contributed by atoms with van der Waals surface area (Å²) in [6.07, 6.45) is 4.53. The summed E-state index contributed by atoms with van der Waals surface area (Å²) < 4.78 is 15.3. The van der Waals surface area contributed by atoms with Gasteiger partial charge in [0.15, 0.2) is 0 Å². The summed E-state index contributed by atoms with van der Waals surface area (Å²) in [6.45, 7) is 0. The van der Waals surface area contributed by atoms with Gasteiger partial charge >= 0.3 is 0 Å². The first kappa shape index (κ1) is 19.7. The molecule has 2 N–H and O–H groups in total. The van der Waals surface area contributed by atoms with Gasteiger partial charge in [0.05, 0.1) is 22.8 Å². The third kappa shape index (κ3) is 4.29. The quantitative estimate of drug-likeness (QED) is 0.439. The predicted octanol–water partition coefficient (Wildman–Crippen LogP) is 4.20. The van der Waals surface area contributed by atoms with Crippen LogP contribution in [0.1, 0.15) is 31.7 Å². The van der Waals surface area contributed by atoms with Crippen molar-refractivity contribution in [3.63, 3.8) is 0 Å². The number of nitrogens with one attached hydrogen (secondary N) is 2. The summed E-state index contributed by atoms with van der Waals surface area (Å²) in [5, 5.41) is 15.5. The highest BCUT2D eigenvalue weighted by molar-refractivity contribution is 7.99. The second-order valence-corrected chi connectivity index (χ2v) is 8.45. The Morgan fingerprint density at radius 3 is 2.94 bits per heavy atom. The van der Waals surface area contributed by atoms with Gasteiger partial charge in [-0.3, -0.25) is 4.79 Å². The topological polar surface area (TPSA) is 101 Å². The van der Waals surface area contributed by atoms with Gasteiger partial charge in [-0.1, -0.05) is 36.7 Å². The highest BCUT2D eigenvalue weighted by Crippen LogP contribution is 2.31. The van der Waals surface area contributed by atoms with Crippen molar-refractivity contribution in [3.05, 3.63) is 48.3 Å². The molecule has 0 atom stereocenters. The maximum Gasteiger partial charge on any atom is 0.234 e. The lowest BCUT2D eigenvalue weighted by Crippen LogP contribution is -2.15. The van der Waals surface area contributed by atoms with Gasteiger partial charge in [0.2, 0.25) is 11.1 Å². The van der Waals surface area contributed by atoms with E-state index in [9.17, 15) is 9.18 Å². The van der Waals surface area contributed by atoms with E-state index < -0.39 is 0 Å². The summed E-state index contributed by atoms with van der Waals surface area (Å²) >= 11 is 1.33. The molecule has 1 fully saturated rings. The SMILES string of the molecule is O=C(CSc1nnnn1C1CCCC1)Nc1ccc2nc(-c3cccc(F)c3)[nH]c2c1.